The number of fused-ring (bicyclic) bond motifs is 3. The summed E-state index contributed by atoms with van der Waals surface area (Å²) in [7, 11) is 0. The maximum Gasteiger partial charge on any atom is 0.410 e. The van der Waals surface area contributed by atoms with E-state index in [1.54, 1.807) is 25.1 Å². The standard InChI is InChI=1S/C21H20ClNO5/c1-2-26-20(24)16-11-23(21(25)27-12-13-6-4-3-5-7-13)18-15-10-14(22)8-9-17(15)28-19(16)18/h3-10,16,18-19H,2,11-12H2,1H3/t16-,18+,19+/m1/s1. The third-order valence-electron chi connectivity index (χ3n) is 5.02. The largest absolute Gasteiger partial charge is 0.487 e. The Morgan fingerprint density at radius 1 is 1.18 bits per heavy atom. The van der Waals surface area contributed by atoms with Gasteiger partial charge in [0.1, 0.15) is 30.4 Å². The van der Waals surface area contributed by atoms with Gasteiger partial charge in [-0.05, 0) is 30.7 Å². The Morgan fingerprint density at radius 2 is 1.96 bits per heavy atom. The van der Waals surface area contributed by atoms with E-state index in [4.69, 9.17) is 25.8 Å². The molecule has 0 saturated carbocycles. The zero-order valence-electron chi connectivity index (χ0n) is 15.3. The zero-order valence-corrected chi connectivity index (χ0v) is 16.1. The van der Waals surface area contributed by atoms with Gasteiger partial charge in [-0.2, -0.15) is 0 Å². The number of ether oxygens (including phenoxy) is 3. The van der Waals surface area contributed by atoms with Crippen molar-refractivity contribution in [1.82, 2.24) is 4.90 Å². The van der Waals surface area contributed by atoms with Crippen LogP contribution < -0.4 is 4.74 Å². The summed E-state index contributed by atoms with van der Waals surface area (Å²) < 4.78 is 16.7. The minimum absolute atomic E-state index is 0.154. The minimum Gasteiger partial charge on any atom is -0.487 e. The van der Waals surface area contributed by atoms with E-state index < -0.39 is 24.2 Å². The van der Waals surface area contributed by atoms with Crippen LogP contribution in [0.15, 0.2) is 48.5 Å². The molecule has 0 unspecified atom stereocenters. The van der Waals surface area contributed by atoms with Crippen molar-refractivity contribution in [2.45, 2.75) is 25.7 Å². The number of hydrogen-bond acceptors (Lipinski definition) is 5. The number of esters is 1. The Balaban J connectivity index is 1.58. The molecule has 2 aliphatic heterocycles. The average molecular weight is 402 g/mol. The monoisotopic (exact) mass is 401 g/mol. The third kappa shape index (κ3) is 3.40. The van der Waals surface area contributed by atoms with Gasteiger partial charge in [-0.3, -0.25) is 9.69 Å². The summed E-state index contributed by atoms with van der Waals surface area (Å²) in [6.07, 6.45) is -1.01. The van der Waals surface area contributed by atoms with Crippen molar-refractivity contribution >= 4 is 23.7 Å². The Kier molecular flexibility index (Phi) is 5.13. The SMILES string of the molecule is CCOC(=O)[C@@H]1CN(C(=O)OCc2ccccc2)[C@H]2c3cc(Cl)ccc3O[C@@H]12. The van der Waals surface area contributed by atoms with Crippen LogP contribution in [0, 0.1) is 5.92 Å². The molecule has 28 heavy (non-hydrogen) atoms. The summed E-state index contributed by atoms with van der Waals surface area (Å²) >= 11 is 6.15. The Labute approximate surface area is 167 Å². The topological polar surface area (TPSA) is 65.1 Å². The number of halogens is 1. The molecule has 7 heteroatoms. The van der Waals surface area contributed by atoms with Crippen LogP contribution in [0.3, 0.4) is 0 Å². The van der Waals surface area contributed by atoms with Crippen molar-refractivity contribution in [2.75, 3.05) is 13.2 Å². The highest BCUT2D eigenvalue weighted by Crippen LogP contribution is 2.48. The predicted octanol–water partition coefficient (Wildman–Crippen LogP) is 3.97. The van der Waals surface area contributed by atoms with Gasteiger partial charge in [0.15, 0.2) is 0 Å². The fourth-order valence-corrected chi connectivity index (χ4v) is 3.95. The van der Waals surface area contributed by atoms with Gasteiger partial charge in [0, 0.05) is 17.1 Å². The van der Waals surface area contributed by atoms with Crippen molar-refractivity contribution in [2.24, 2.45) is 5.92 Å². The van der Waals surface area contributed by atoms with Crippen molar-refractivity contribution in [3.63, 3.8) is 0 Å². The first kappa shape index (κ1) is 18.6. The summed E-state index contributed by atoms with van der Waals surface area (Å²) in [5, 5.41) is 0.542. The number of carbonyl (C=O) groups excluding carboxylic acids is 2. The van der Waals surface area contributed by atoms with Gasteiger partial charge in [0.05, 0.1) is 6.61 Å². The van der Waals surface area contributed by atoms with Crippen LogP contribution in [0.1, 0.15) is 24.1 Å². The fourth-order valence-electron chi connectivity index (χ4n) is 3.77. The maximum absolute atomic E-state index is 12.8. The van der Waals surface area contributed by atoms with Crippen LogP contribution in [-0.2, 0) is 20.9 Å². The molecule has 0 aromatic heterocycles. The highest BCUT2D eigenvalue weighted by atomic mass is 35.5. The van der Waals surface area contributed by atoms with Crippen molar-refractivity contribution < 1.29 is 23.8 Å². The molecule has 2 aromatic carbocycles. The van der Waals surface area contributed by atoms with Gasteiger partial charge in [-0.1, -0.05) is 41.9 Å². The molecule has 0 radical (unpaired) electrons. The van der Waals surface area contributed by atoms with Crippen molar-refractivity contribution in [3.8, 4) is 5.75 Å². The van der Waals surface area contributed by atoms with E-state index in [0.29, 0.717) is 10.8 Å². The second kappa shape index (κ2) is 7.72. The highest BCUT2D eigenvalue weighted by molar-refractivity contribution is 6.30. The van der Waals surface area contributed by atoms with E-state index in [1.807, 2.05) is 30.3 Å². The smallest absolute Gasteiger partial charge is 0.410 e. The number of carbonyl (C=O) groups is 2. The number of amides is 1. The minimum atomic E-state index is -0.583. The van der Waals surface area contributed by atoms with E-state index in [0.717, 1.165) is 11.1 Å². The number of likely N-dealkylation sites (tertiary alicyclic amines) is 1. The molecule has 2 aliphatic rings. The summed E-state index contributed by atoms with van der Waals surface area (Å²) in [4.78, 5) is 26.8. The van der Waals surface area contributed by atoms with Gasteiger partial charge >= 0.3 is 12.1 Å². The van der Waals surface area contributed by atoms with Crippen molar-refractivity contribution in [1.29, 1.82) is 0 Å². The second-order valence-electron chi connectivity index (χ2n) is 6.76. The molecule has 4 rings (SSSR count). The summed E-state index contributed by atoms with van der Waals surface area (Å²) in [5.74, 6) is -0.343. The van der Waals surface area contributed by atoms with Crippen molar-refractivity contribution in [3.05, 3.63) is 64.7 Å². The molecule has 0 N–H and O–H groups in total. The first-order chi connectivity index (χ1) is 13.6. The Morgan fingerprint density at radius 3 is 2.71 bits per heavy atom. The molecule has 3 atom stereocenters. The quantitative estimate of drug-likeness (QED) is 0.725. The van der Waals surface area contributed by atoms with Gasteiger partial charge in [0.2, 0.25) is 0 Å². The maximum atomic E-state index is 12.8. The highest BCUT2D eigenvalue weighted by Gasteiger charge is 2.54. The number of nitrogens with zero attached hydrogens (tertiary/aromatic N) is 1. The van der Waals surface area contributed by atoms with Crippen LogP contribution in [0.25, 0.3) is 0 Å². The molecule has 2 aromatic rings. The molecule has 1 fully saturated rings. The van der Waals surface area contributed by atoms with Crippen LogP contribution in [-0.4, -0.2) is 36.2 Å². The summed E-state index contributed by atoms with van der Waals surface area (Å²) in [6, 6.07) is 14.2. The number of benzene rings is 2. The van der Waals surface area contributed by atoms with Gasteiger partial charge in [-0.25, -0.2) is 4.79 Å². The third-order valence-corrected chi connectivity index (χ3v) is 5.25. The summed E-state index contributed by atoms with van der Waals surface area (Å²) in [6.45, 7) is 2.35. The lowest BCUT2D eigenvalue weighted by Gasteiger charge is -2.22. The molecule has 0 bridgehead atoms. The van der Waals surface area contributed by atoms with E-state index in [9.17, 15) is 9.59 Å². The first-order valence-electron chi connectivity index (χ1n) is 9.18. The Hall–Kier alpha value is -2.73. The molecule has 1 amide bonds. The molecule has 1 saturated heterocycles. The van der Waals surface area contributed by atoms with Crippen LogP contribution in [0.2, 0.25) is 5.02 Å². The van der Waals surface area contributed by atoms with E-state index >= 15 is 0 Å². The molecule has 2 heterocycles. The van der Waals surface area contributed by atoms with Gasteiger partial charge in [-0.15, -0.1) is 0 Å². The van der Waals surface area contributed by atoms with Crippen LogP contribution in [0.4, 0.5) is 4.79 Å². The molecular weight excluding hydrogens is 382 g/mol. The van der Waals surface area contributed by atoms with Crippen LogP contribution >= 0.6 is 11.6 Å². The lowest BCUT2D eigenvalue weighted by molar-refractivity contribution is -0.149. The second-order valence-corrected chi connectivity index (χ2v) is 7.20. The number of hydrogen-bond donors (Lipinski definition) is 0. The number of rotatable bonds is 4. The zero-order chi connectivity index (χ0) is 19.7. The summed E-state index contributed by atoms with van der Waals surface area (Å²) in [5.41, 5.74) is 1.67. The normalized spacial score (nSPS) is 22.2. The van der Waals surface area contributed by atoms with Gasteiger partial charge < -0.3 is 14.2 Å². The lowest BCUT2D eigenvalue weighted by Crippen LogP contribution is -2.32. The molecule has 6 nitrogen and oxygen atoms in total. The lowest BCUT2D eigenvalue weighted by atomic mass is 9.99. The molecule has 0 aliphatic carbocycles. The fraction of sp³-hybridized carbons (Fsp3) is 0.333. The Bertz CT molecular complexity index is 888. The van der Waals surface area contributed by atoms with E-state index in [2.05, 4.69) is 0 Å². The average Bonchev–Trinajstić information content (AvgIpc) is 3.24. The molecular formula is C21H20ClNO5. The molecule has 146 valence electrons. The first-order valence-corrected chi connectivity index (χ1v) is 9.56. The van der Waals surface area contributed by atoms with E-state index in [-0.39, 0.29) is 25.7 Å². The van der Waals surface area contributed by atoms with Crippen LogP contribution in [0.5, 0.6) is 5.75 Å². The molecule has 0 spiro atoms. The van der Waals surface area contributed by atoms with E-state index in [1.165, 1.54) is 4.90 Å². The predicted molar refractivity (Wildman–Crippen MR) is 102 cm³/mol. The van der Waals surface area contributed by atoms with Gasteiger partial charge in [0.25, 0.3) is 0 Å².